The molecule has 6 nitrogen and oxygen atoms in total. The first-order valence-electron chi connectivity index (χ1n) is 5.84. The van der Waals surface area contributed by atoms with Crippen molar-refractivity contribution >= 4 is 28.7 Å². The van der Waals surface area contributed by atoms with Crippen LogP contribution in [0, 0.1) is 21.4 Å². The average Bonchev–Trinajstić information content (AvgIpc) is 2.49. The van der Waals surface area contributed by atoms with Gasteiger partial charge < -0.3 is 10.1 Å². The van der Waals surface area contributed by atoms with Crippen LogP contribution >= 0.6 is 11.6 Å². The molecule has 2 aromatic rings. The molecule has 0 unspecified atom stereocenters. The Morgan fingerprint density at radius 3 is 2.71 bits per heavy atom. The number of methoxy groups -OCH3 is 1. The van der Waals surface area contributed by atoms with Crippen LogP contribution in [0.4, 0.5) is 17.1 Å². The Morgan fingerprint density at radius 1 is 1.33 bits per heavy atom. The number of nitriles is 1. The number of anilines is 2. The van der Waals surface area contributed by atoms with Crippen LogP contribution in [0.15, 0.2) is 36.4 Å². The summed E-state index contributed by atoms with van der Waals surface area (Å²) in [4.78, 5) is 10.2. The summed E-state index contributed by atoms with van der Waals surface area (Å²) in [5.74, 6) is 0.488. The molecule has 1 N–H and O–H groups in total. The van der Waals surface area contributed by atoms with Gasteiger partial charge in [-0.15, -0.1) is 0 Å². The van der Waals surface area contributed by atoms with Gasteiger partial charge in [0.25, 0.3) is 5.69 Å². The van der Waals surface area contributed by atoms with E-state index < -0.39 is 4.92 Å². The van der Waals surface area contributed by atoms with Crippen molar-refractivity contribution in [3.63, 3.8) is 0 Å². The summed E-state index contributed by atoms with van der Waals surface area (Å²) in [5, 5.41) is 23.3. The maximum atomic E-state index is 10.7. The van der Waals surface area contributed by atoms with Gasteiger partial charge in [-0.3, -0.25) is 10.1 Å². The molecule has 0 aliphatic heterocycles. The zero-order chi connectivity index (χ0) is 15.4. The van der Waals surface area contributed by atoms with Gasteiger partial charge in [0.05, 0.1) is 28.3 Å². The Morgan fingerprint density at radius 2 is 2.10 bits per heavy atom. The summed E-state index contributed by atoms with van der Waals surface area (Å²) < 4.78 is 5.10. The zero-order valence-corrected chi connectivity index (χ0v) is 11.7. The van der Waals surface area contributed by atoms with Crippen molar-refractivity contribution < 1.29 is 9.66 Å². The summed E-state index contributed by atoms with van der Waals surface area (Å²) in [6.07, 6.45) is 0. The van der Waals surface area contributed by atoms with Crippen LogP contribution < -0.4 is 10.1 Å². The third-order valence-electron chi connectivity index (χ3n) is 2.76. The first kappa shape index (κ1) is 14.6. The van der Waals surface area contributed by atoms with Crippen LogP contribution in [0.3, 0.4) is 0 Å². The lowest BCUT2D eigenvalue weighted by Crippen LogP contribution is -1.96. The third kappa shape index (κ3) is 3.22. The maximum Gasteiger partial charge on any atom is 0.270 e. The van der Waals surface area contributed by atoms with Gasteiger partial charge in [-0.1, -0.05) is 11.6 Å². The van der Waals surface area contributed by atoms with Crippen LogP contribution in [0.5, 0.6) is 5.75 Å². The van der Waals surface area contributed by atoms with Crippen molar-refractivity contribution in [2.24, 2.45) is 0 Å². The van der Waals surface area contributed by atoms with Crippen molar-refractivity contribution in [1.82, 2.24) is 0 Å². The second-order valence-corrected chi connectivity index (χ2v) is 4.48. The van der Waals surface area contributed by atoms with E-state index in [1.165, 1.54) is 25.3 Å². The number of ether oxygens (including phenoxy) is 1. The number of rotatable bonds is 4. The smallest absolute Gasteiger partial charge is 0.270 e. The third-order valence-corrected chi connectivity index (χ3v) is 3.08. The molecule has 106 valence electrons. The number of nitro benzene ring substituents is 1. The highest BCUT2D eigenvalue weighted by molar-refractivity contribution is 6.32. The minimum atomic E-state index is -0.546. The van der Waals surface area contributed by atoms with Gasteiger partial charge in [0.2, 0.25) is 0 Å². The van der Waals surface area contributed by atoms with Crippen LogP contribution in [-0.2, 0) is 0 Å². The molecule has 0 saturated heterocycles. The van der Waals surface area contributed by atoms with E-state index in [0.717, 1.165) is 0 Å². The fraction of sp³-hybridized carbons (Fsp3) is 0.0714. The molecule has 0 amide bonds. The van der Waals surface area contributed by atoms with Crippen molar-refractivity contribution in [1.29, 1.82) is 5.26 Å². The molecule has 0 saturated carbocycles. The molecule has 0 spiro atoms. The Hall–Kier alpha value is -2.78. The predicted molar refractivity (Wildman–Crippen MR) is 79.1 cm³/mol. The Bertz CT molecular complexity index is 741. The zero-order valence-electron chi connectivity index (χ0n) is 11.0. The highest BCUT2D eigenvalue weighted by atomic mass is 35.5. The van der Waals surface area contributed by atoms with Crippen molar-refractivity contribution in [3.8, 4) is 11.8 Å². The first-order chi connectivity index (χ1) is 10.0. The molecule has 0 aromatic heterocycles. The number of benzene rings is 2. The Kier molecular flexibility index (Phi) is 4.26. The maximum absolute atomic E-state index is 10.7. The van der Waals surface area contributed by atoms with Crippen LogP contribution in [0.25, 0.3) is 0 Å². The molecule has 7 heteroatoms. The lowest BCUT2D eigenvalue weighted by Gasteiger charge is -2.10. The summed E-state index contributed by atoms with van der Waals surface area (Å²) in [5.41, 5.74) is 1.16. The van der Waals surface area contributed by atoms with Crippen molar-refractivity contribution in [3.05, 3.63) is 57.1 Å². The van der Waals surface area contributed by atoms with E-state index >= 15 is 0 Å². The number of nitrogens with zero attached hydrogens (tertiary/aromatic N) is 2. The predicted octanol–water partition coefficient (Wildman–Crippen LogP) is 3.87. The van der Waals surface area contributed by atoms with E-state index in [9.17, 15) is 10.1 Å². The number of non-ortho nitro benzene ring substituents is 1. The van der Waals surface area contributed by atoms with Crippen LogP contribution in [0.1, 0.15) is 5.56 Å². The number of hydrogen-bond donors (Lipinski definition) is 1. The second-order valence-electron chi connectivity index (χ2n) is 4.07. The molecule has 0 bridgehead atoms. The molecule has 0 aliphatic carbocycles. The summed E-state index contributed by atoms with van der Waals surface area (Å²) in [6.45, 7) is 0. The normalized spacial score (nSPS) is 9.76. The molecule has 0 fully saturated rings. The standard InChI is InChI=1S/C14H10ClN3O3/c1-21-14-7-10(2-4-12(14)15)17-13-5-3-11(18(19)20)6-9(13)8-16/h2-7,17H,1H3. The fourth-order valence-electron chi connectivity index (χ4n) is 1.74. The van der Waals surface area contributed by atoms with Gasteiger partial charge in [-0.2, -0.15) is 5.26 Å². The molecular formula is C14H10ClN3O3. The van der Waals surface area contributed by atoms with Crippen molar-refractivity contribution in [2.75, 3.05) is 12.4 Å². The molecule has 0 atom stereocenters. The molecule has 21 heavy (non-hydrogen) atoms. The van der Waals surface area contributed by atoms with Gasteiger partial charge in [0.15, 0.2) is 0 Å². The quantitative estimate of drug-likeness (QED) is 0.684. The molecule has 0 radical (unpaired) electrons. The SMILES string of the molecule is COc1cc(Nc2ccc([N+](=O)[O-])cc2C#N)ccc1Cl. The van der Waals surface area contributed by atoms with E-state index in [1.54, 1.807) is 18.2 Å². The Labute approximate surface area is 125 Å². The molecule has 0 heterocycles. The van der Waals surface area contributed by atoms with Gasteiger partial charge in [-0.25, -0.2) is 0 Å². The monoisotopic (exact) mass is 303 g/mol. The lowest BCUT2D eigenvalue weighted by molar-refractivity contribution is -0.384. The number of nitrogens with one attached hydrogen (secondary N) is 1. The van der Waals surface area contributed by atoms with Gasteiger partial charge >= 0.3 is 0 Å². The summed E-state index contributed by atoms with van der Waals surface area (Å²) >= 11 is 5.93. The number of nitro groups is 1. The number of hydrogen-bond acceptors (Lipinski definition) is 5. The van der Waals surface area contributed by atoms with Crippen LogP contribution in [0.2, 0.25) is 5.02 Å². The molecule has 2 aromatic carbocycles. The van der Waals surface area contributed by atoms with Gasteiger partial charge in [-0.05, 0) is 18.2 Å². The number of halogens is 1. The van der Waals surface area contributed by atoms with Crippen molar-refractivity contribution in [2.45, 2.75) is 0 Å². The molecule has 2 rings (SSSR count). The minimum absolute atomic E-state index is 0.134. The van der Waals surface area contributed by atoms with Gasteiger partial charge in [0, 0.05) is 23.9 Å². The summed E-state index contributed by atoms with van der Waals surface area (Å²) in [6, 6.07) is 11.0. The minimum Gasteiger partial charge on any atom is -0.495 e. The largest absolute Gasteiger partial charge is 0.495 e. The van der Waals surface area contributed by atoms with E-state index in [-0.39, 0.29) is 11.3 Å². The Balaban J connectivity index is 2.36. The average molecular weight is 304 g/mol. The molecule has 0 aliphatic rings. The van der Waals surface area contributed by atoms with E-state index in [4.69, 9.17) is 21.6 Å². The fourth-order valence-corrected chi connectivity index (χ4v) is 1.94. The molecular weight excluding hydrogens is 294 g/mol. The van der Waals surface area contributed by atoms with E-state index in [0.29, 0.717) is 22.1 Å². The topological polar surface area (TPSA) is 88.2 Å². The lowest BCUT2D eigenvalue weighted by atomic mass is 10.1. The van der Waals surface area contributed by atoms with E-state index in [2.05, 4.69) is 5.32 Å². The summed E-state index contributed by atoms with van der Waals surface area (Å²) in [7, 11) is 1.50. The highest BCUT2D eigenvalue weighted by Crippen LogP contribution is 2.30. The first-order valence-corrected chi connectivity index (χ1v) is 6.22. The highest BCUT2D eigenvalue weighted by Gasteiger charge is 2.11. The van der Waals surface area contributed by atoms with Crippen LogP contribution in [-0.4, -0.2) is 12.0 Å². The van der Waals surface area contributed by atoms with Gasteiger partial charge in [0.1, 0.15) is 11.8 Å². The second kappa shape index (κ2) is 6.11. The van der Waals surface area contributed by atoms with E-state index in [1.807, 2.05) is 6.07 Å².